The van der Waals surface area contributed by atoms with Crippen molar-refractivity contribution in [1.82, 2.24) is 0 Å². The highest BCUT2D eigenvalue weighted by molar-refractivity contribution is 6.52. The highest BCUT2D eigenvalue weighted by Gasteiger charge is 2.35. The third kappa shape index (κ3) is 2.65. The average molecular weight is 289 g/mol. The van der Waals surface area contributed by atoms with Crippen LogP contribution in [0.3, 0.4) is 0 Å². The topological polar surface area (TPSA) is 55.8 Å². The third-order valence-corrected chi connectivity index (χ3v) is 4.11. The predicted molar refractivity (Wildman–Crippen MR) is 77.9 cm³/mol. The Kier molecular flexibility index (Phi) is 3.92. The lowest BCUT2D eigenvalue weighted by Gasteiger charge is -2.18. The number of carbonyl (C=O) groups is 2. The largest absolute Gasteiger partial charge is 0.497 e. The Balaban J connectivity index is 1.70. The Labute approximate surface area is 123 Å². The van der Waals surface area contributed by atoms with Gasteiger partial charge in [0.25, 0.3) is 11.7 Å². The van der Waals surface area contributed by atoms with E-state index in [2.05, 4.69) is 0 Å². The van der Waals surface area contributed by atoms with Gasteiger partial charge in [-0.1, -0.05) is 0 Å². The van der Waals surface area contributed by atoms with E-state index in [9.17, 15) is 9.59 Å². The Morgan fingerprint density at radius 1 is 1.38 bits per heavy atom. The minimum absolute atomic E-state index is 0.309. The van der Waals surface area contributed by atoms with E-state index in [1.165, 1.54) is 0 Å². The fourth-order valence-corrected chi connectivity index (χ4v) is 2.97. The Morgan fingerprint density at radius 3 is 2.95 bits per heavy atom. The quantitative estimate of drug-likeness (QED) is 0.780. The second-order valence-electron chi connectivity index (χ2n) is 5.45. The molecular formula is C16H19NO4. The van der Waals surface area contributed by atoms with Gasteiger partial charge in [-0.05, 0) is 37.8 Å². The number of hydrogen-bond acceptors (Lipinski definition) is 4. The van der Waals surface area contributed by atoms with Crippen molar-refractivity contribution in [2.75, 3.05) is 25.2 Å². The molecule has 112 valence electrons. The number of benzene rings is 1. The summed E-state index contributed by atoms with van der Waals surface area (Å²) < 4.78 is 10.8. The van der Waals surface area contributed by atoms with Gasteiger partial charge in [-0.25, -0.2) is 0 Å². The number of carbonyl (C=O) groups excluding carboxylic acids is 2. The molecule has 1 saturated heterocycles. The molecule has 1 unspecified atom stereocenters. The van der Waals surface area contributed by atoms with E-state index >= 15 is 0 Å². The minimum atomic E-state index is -0.439. The van der Waals surface area contributed by atoms with Gasteiger partial charge in [0.2, 0.25) is 0 Å². The number of Topliss-reactive ketones (excluding diaryl/α,β-unsaturated/α-hetero) is 1. The predicted octanol–water partition coefficient (Wildman–Crippen LogP) is 2.18. The lowest BCUT2D eigenvalue weighted by molar-refractivity contribution is -0.114. The summed E-state index contributed by atoms with van der Waals surface area (Å²) in [5.74, 6) is -0.212. The van der Waals surface area contributed by atoms with Crippen molar-refractivity contribution in [2.24, 2.45) is 0 Å². The van der Waals surface area contributed by atoms with Crippen molar-refractivity contribution in [3.63, 3.8) is 0 Å². The number of nitrogens with zero attached hydrogens (tertiary/aromatic N) is 1. The number of fused-ring (bicyclic) bond motifs is 1. The van der Waals surface area contributed by atoms with Crippen LogP contribution in [0.4, 0.5) is 5.69 Å². The van der Waals surface area contributed by atoms with Crippen LogP contribution in [0.5, 0.6) is 5.75 Å². The molecule has 0 N–H and O–H groups in total. The summed E-state index contributed by atoms with van der Waals surface area (Å²) in [4.78, 5) is 25.6. The molecule has 1 fully saturated rings. The fourth-order valence-electron chi connectivity index (χ4n) is 2.97. The summed E-state index contributed by atoms with van der Waals surface area (Å²) in [5, 5.41) is 0. The molecule has 0 aliphatic carbocycles. The molecular weight excluding hydrogens is 270 g/mol. The van der Waals surface area contributed by atoms with Crippen molar-refractivity contribution in [3.8, 4) is 5.75 Å². The van der Waals surface area contributed by atoms with Crippen LogP contribution in [-0.4, -0.2) is 38.1 Å². The molecule has 0 spiro atoms. The molecule has 3 rings (SSSR count). The van der Waals surface area contributed by atoms with Crippen molar-refractivity contribution in [1.29, 1.82) is 0 Å². The SMILES string of the molecule is COc1ccc2c(c1)N(CCCC1CCCO1)C(=O)C2=O. The zero-order valence-corrected chi connectivity index (χ0v) is 12.1. The van der Waals surface area contributed by atoms with Gasteiger partial charge >= 0.3 is 0 Å². The van der Waals surface area contributed by atoms with E-state index in [0.717, 1.165) is 32.3 Å². The van der Waals surface area contributed by atoms with Crippen LogP contribution in [-0.2, 0) is 9.53 Å². The van der Waals surface area contributed by atoms with Gasteiger partial charge in [-0.3, -0.25) is 9.59 Å². The maximum absolute atomic E-state index is 12.1. The molecule has 5 nitrogen and oxygen atoms in total. The molecule has 2 heterocycles. The van der Waals surface area contributed by atoms with Gasteiger partial charge in [-0.2, -0.15) is 0 Å². The molecule has 0 bridgehead atoms. The van der Waals surface area contributed by atoms with Crippen LogP contribution in [0, 0.1) is 0 Å². The zero-order chi connectivity index (χ0) is 14.8. The molecule has 5 heteroatoms. The Bertz CT molecular complexity index is 563. The van der Waals surface area contributed by atoms with Gasteiger partial charge < -0.3 is 14.4 Å². The maximum atomic E-state index is 12.1. The normalized spacial score (nSPS) is 21.0. The standard InChI is InChI=1S/C16H19NO4/c1-20-12-6-7-13-14(10-12)17(16(19)15(13)18)8-2-4-11-5-3-9-21-11/h6-7,10-11H,2-5,8-9H2,1H3. The molecule has 0 aromatic heterocycles. The number of ether oxygens (including phenoxy) is 2. The van der Waals surface area contributed by atoms with Crippen LogP contribution in [0.2, 0.25) is 0 Å². The molecule has 0 radical (unpaired) electrons. The summed E-state index contributed by atoms with van der Waals surface area (Å²) >= 11 is 0. The van der Waals surface area contributed by atoms with Crippen LogP contribution in [0.15, 0.2) is 18.2 Å². The monoisotopic (exact) mass is 289 g/mol. The smallest absolute Gasteiger partial charge is 0.299 e. The van der Waals surface area contributed by atoms with E-state index in [1.54, 1.807) is 30.2 Å². The van der Waals surface area contributed by atoms with Crippen LogP contribution in [0.1, 0.15) is 36.0 Å². The van der Waals surface area contributed by atoms with Gasteiger partial charge in [0, 0.05) is 19.2 Å². The second-order valence-corrected chi connectivity index (χ2v) is 5.45. The number of hydrogen-bond donors (Lipinski definition) is 0. The first-order chi connectivity index (χ1) is 10.2. The molecule has 1 amide bonds. The van der Waals surface area contributed by atoms with Crippen molar-refractivity contribution in [2.45, 2.75) is 31.8 Å². The van der Waals surface area contributed by atoms with Crippen LogP contribution < -0.4 is 9.64 Å². The number of ketones is 1. The Hall–Kier alpha value is -1.88. The van der Waals surface area contributed by atoms with Crippen molar-refractivity contribution in [3.05, 3.63) is 23.8 Å². The van der Waals surface area contributed by atoms with Gasteiger partial charge in [0.05, 0.1) is 24.5 Å². The van der Waals surface area contributed by atoms with E-state index < -0.39 is 11.7 Å². The van der Waals surface area contributed by atoms with Crippen LogP contribution in [0.25, 0.3) is 0 Å². The number of rotatable bonds is 5. The van der Waals surface area contributed by atoms with E-state index in [1.807, 2.05) is 0 Å². The van der Waals surface area contributed by atoms with Crippen molar-refractivity contribution >= 4 is 17.4 Å². The first-order valence-corrected chi connectivity index (χ1v) is 7.36. The lowest BCUT2D eigenvalue weighted by Crippen LogP contribution is -2.31. The van der Waals surface area contributed by atoms with Gasteiger partial charge in [0.15, 0.2) is 0 Å². The fraction of sp³-hybridized carbons (Fsp3) is 0.500. The van der Waals surface area contributed by atoms with Crippen molar-refractivity contribution < 1.29 is 19.1 Å². The summed E-state index contributed by atoms with van der Waals surface area (Å²) in [6.07, 6.45) is 4.28. The second kappa shape index (κ2) is 5.85. The first-order valence-electron chi connectivity index (χ1n) is 7.36. The number of methoxy groups -OCH3 is 1. The summed E-state index contributed by atoms with van der Waals surface area (Å²) in [6, 6.07) is 5.12. The van der Waals surface area contributed by atoms with Gasteiger partial charge in [0.1, 0.15) is 5.75 Å². The molecule has 0 saturated carbocycles. The molecule has 21 heavy (non-hydrogen) atoms. The van der Waals surface area contributed by atoms with Crippen LogP contribution >= 0.6 is 0 Å². The Morgan fingerprint density at radius 2 is 2.24 bits per heavy atom. The number of amides is 1. The molecule has 2 aliphatic rings. The summed E-state index contributed by atoms with van der Waals surface area (Å²) in [5.41, 5.74) is 1.13. The lowest BCUT2D eigenvalue weighted by atomic mass is 10.1. The maximum Gasteiger partial charge on any atom is 0.299 e. The molecule has 1 aromatic rings. The molecule has 1 atom stereocenters. The highest BCUT2D eigenvalue weighted by atomic mass is 16.5. The van der Waals surface area contributed by atoms with Gasteiger partial charge in [-0.15, -0.1) is 0 Å². The van der Waals surface area contributed by atoms with E-state index in [4.69, 9.17) is 9.47 Å². The molecule has 2 aliphatic heterocycles. The highest BCUT2D eigenvalue weighted by Crippen LogP contribution is 2.32. The van der Waals surface area contributed by atoms with E-state index in [0.29, 0.717) is 29.6 Å². The zero-order valence-electron chi connectivity index (χ0n) is 12.1. The third-order valence-electron chi connectivity index (χ3n) is 4.11. The minimum Gasteiger partial charge on any atom is -0.497 e. The first kappa shape index (κ1) is 14.1. The summed E-state index contributed by atoms with van der Waals surface area (Å²) in [6.45, 7) is 1.39. The summed E-state index contributed by atoms with van der Waals surface area (Å²) in [7, 11) is 1.57. The molecule has 1 aromatic carbocycles. The number of anilines is 1. The average Bonchev–Trinajstić information content (AvgIpc) is 3.10. The van der Waals surface area contributed by atoms with E-state index in [-0.39, 0.29) is 0 Å².